The summed E-state index contributed by atoms with van der Waals surface area (Å²) in [6.45, 7) is 0. The maximum atomic E-state index is 12.5. The third-order valence-corrected chi connectivity index (χ3v) is 5.27. The minimum absolute atomic E-state index is 0.0564. The SMILES string of the molecule is NC1=NC2N=CC(CCc3ccc(C(=O)N[C@H](CCc4nn[nH]n4)C(=O)O)cc3)=C2C(=O)N1. The molecule has 33 heavy (non-hydrogen) atoms. The van der Waals surface area contributed by atoms with Gasteiger partial charge in [0.1, 0.15) is 6.04 Å². The number of allylic oxidation sites excluding steroid dienone is 1. The van der Waals surface area contributed by atoms with Crippen LogP contribution in [0.1, 0.15) is 34.6 Å². The molecule has 4 rings (SSSR count). The molecule has 13 heteroatoms. The van der Waals surface area contributed by atoms with Crippen molar-refractivity contribution in [3.8, 4) is 0 Å². The molecule has 0 fully saturated rings. The van der Waals surface area contributed by atoms with Gasteiger partial charge in [-0.05, 0) is 42.5 Å². The second kappa shape index (κ2) is 9.38. The Hall–Kier alpha value is -4.42. The number of hydrogen-bond acceptors (Lipinski definition) is 9. The Labute approximate surface area is 187 Å². The molecule has 2 aromatic rings. The van der Waals surface area contributed by atoms with Gasteiger partial charge in [0.2, 0.25) is 0 Å². The maximum absolute atomic E-state index is 12.5. The first-order valence-electron chi connectivity index (χ1n) is 10.2. The van der Waals surface area contributed by atoms with Crippen LogP contribution in [-0.4, -0.2) is 67.9 Å². The zero-order valence-electron chi connectivity index (χ0n) is 17.4. The van der Waals surface area contributed by atoms with E-state index >= 15 is 0 Å². The fourth-order valence-corrected chi connectivity index (χ4v) is 3.54. The first kappa shape index (κ1) is 21.8. The molecule has 0 saturated carbocycles. The highest BCUT2D eigenvalue weighted by molar-refractivity contribution is 6.12. The van der Waals surface area contributed by atoms with Crippen LogP contribution in [0, 0.1) is 0 Å². The van der Waals surface area contributed by atoms with Crippen molar-refractivity contribution in [2.24, 2.45) is 15.7 Å². The monoisotopic (exact) mass is 451 g/mol. The Morgan fingerprint density at radius 2 is 1.97 bits per heavy atom. The average molecular weight is 451 g/mol. The lowest BCUT2D eigenvalue weighted by atomic mass is 9.99. The molecule has 3 heterocycles. The van der Waals surface area contributed by atoms with E-state index in [1.807, 2.05) is 0 Å². The van der Waals surface area contributed by atoms with Gasteiger partial charge < -0.3 is 16.2 Å². The number of aliphatic imine (C=N–C) groups is 2. The summed E-state index contributed by atoms with van der Waals surface area (Å²) in [4.78, 5) is 44.5. The summed E-state index contributed by atoms with van der Waals surface area (Å²) in [5, 5.41) is 27.7. The number of H-pyrrole nitrogens is 1. The number of carboxylic acid groups (broad SMARTS) is 1. The number of carboxylic acids is 1. The van der Waals surface area contributed by atoms with Crippen LogP contribution in [0.2, 0.25) is 0 Å². The number of guanidine groups is 1. The number of carbonyl (C=O) groups is 3. The van der Waals surface area contributed by atoms with Crippen LogP contribution in [-0.2, 0) is 22.4 Å². The van der Waals surface area contributed by atoms with Crippen LogP contribution < -0.4 is 16.4 Å². The Balaban J connectivity index is 1.34. The number of hydrogen-bond donors (Lipinski definition) is 5. The number of amides is 2. The van der Waals surface area contributed by atoms with Gasteiger partial charge in [-0.3, -0.25) is 19.9 Å². The van der Waals surface area contributed by atoms with Crippen LogP contribution in [0.15, 0.2) is 45.4 Å². The normalized spacial score (nSPS) is 17.9. The van der Waals surface area contributed by atoms with Crippen molar-refractivity contribution in [2.45, 2.75) is 37.9 Å². The number of aromatic amines is 1. The molecule has 1 aromatic carbocycles. The summed E-state index contributed by atoms with van der Waals surface area (Å²) in [6, 6.07) is 5.75. The number of nitrogens with zero attached hydrogens (tertiary/aromatic N) is 5. The van der Waals surface area contributed by atoms with E-state index in [0.717, 1.165) is 11.1 Å². The molecule has 2 aliphatic rings. The molecule has 0 radical (unpaired) electrons. The lowest BCUT2D eigenvalue weighted by Crippen LogP contribution is -2.44. The van der Waals surface area contributed by atoms with E-state index in [9.17, 15) is 19.5 Å². The van der Waals surface area contributed by atoms with Crippen LogP contribution in [0.3, 0.4) is 0 Å². The number of nitrogens with one attached hydrogen (secondary N) is 3. The quantitative estimate of drug-likeness (QED) is 0.323. The second-order valence-corrected chi connectivity index (χ2v) is 7.49. The zero-order chi connectivity index (χ0) is 23.4. The summed E-state index contributed by atoms with van der Waals surface area (Å²) in [7, 11) is 0. The van der Waals surface area contributed by atoms with Crippen LogP contribution in [0.5, 0.6) is 0 Å². The van der Waals surface area contributed by atoms with Gasteiger partial charge in [-0.1, -0.05) is 17.3 Å². The summed E-state index contributed by atoms with van der Waals surface area (Å²) in [6.07, 6.45) is 2.63. The topological polar surface area (TPSA) is 201 Å². The molecule has 1 aromatic heterocycles. The molecular formula is C20H21N9O4. The fraction of sp³-hybridized carbons (Fsp3) is 0.300. The van der Waals surface area contributed by atoms with Gasteiger partial charge in [0.05, 0.1) is 5.57 Å². The Morgan fingerprint density at radius 3 is 2.67 bits per heavy atom. The molecule has 6 N–H and O–H groups in total. The smallest absolute Gasteiger partial charge is 0.326 e. The minimum Gasteiger partial charge on any atom is -0.480 e. The summed E-state index contributed by atoms with van der Waals surface area (Å²) in [5.74, 6) is -1.50. The third-order valence-electron chi connectivity index (χ3n) is 5.27. The Bertz CT molecular complexity index is 1150. The first-order chi connectivity index (χ1) is 15.9. The first-order valence-corrected chi connectivity index (χ1v) is 10.2. The second-order valence-electron chi connectivity index (χ2n) is 7.49. The number of aryl methyl sites for hydroxylation is 2. The standard InChI is InChI=1S/C20H21N9O4/c21-20-24-16-15(18(31)25-20)12(9-22-16)6-3-10-1-4-11(5-2-10)17(30)23-13(19(32)33)7-8-14-26-28-29-27-14/h1-2,4-5,9,13,16H,3,6-8H2,(H,23,30)(H,32,33)(H3,21,24,25,31)(H,26,27,28,29)/t13-,16?/m1/s1. The van der Waals surface area contributed by atoms with E-state index in [1.165, 1.54) is 0 Å². The van der Waals surface area contributed by atoms with Gasteiger partial charge in [-0.2, -0.15) is 5.21 Å². The molecule has 0 aliphatic carbocycles. The predicted octanol–water partition coefficient (Wildman–Crippen LogP) is -0.900. The average Bonchev–Trinajstić information content (AvgIpc) is 3.45. The number of nitrogens with two attached hydrogens (primary N) is 1. The molecule has 2 amide bonds. The summed E-state index contributed by atoms with van der Waals surface area (Å²) in [5.41, 5.74) is 8.14. The van der Waals surface area contributed by atoms with Gasteiger partial charge in [-0.25, -0.2) is 9.79 Å². The van der Waals surface area contributed by atoms with Crippen LogP contribution in [0.4, 0.5) is 0 Å². The van der Waals surface area contributed by atoms with Crippen molar-refractivity contribution in [3.05, 3.63) is 52.4 Å². The van der Waals surface area contributed by atoms with Crippen molar-refractivity contribution in [3.63, 3.8) is 0 Å². The van der Waals surface area contributed by atoms with E-state index in [1.54, 1.807) is 30.5 Å². The van der Waals surface area contributed by atoms with Crippen molar-refractivity contribution in [2.75, 3.05) is 0 Å². The Kier molecular flexibility index (Phi) is 6.20. The molecule has 2 aliphatic heterocycles. The molecule has 2 atom stereocenters. The van der Waals surface area contributed by atoms with Crippen molar-refractivity contribution < 1.29 is 19.5 Å². The number of benzene rings is 1. The predicted molar refractivity (Wildman–Crippen MR) is 115 cm³/mol. The summed E-state index contributed by atoms with van der Waals surface area (Å²) < 4.78 is 0. The lowest BCUT2D eigenvalue weighted by molar-refractivity contribution is -0.139. The van der Waals surface area contributed by atoms with E-state index in [2.05, 4.69) is 41.2 Å². The van der Waals surface area contributed by atoms with Gasteiger partial charge >= 0.3 is 5.97 Å². The highest BCUT2D eigenvalue weighted by Crippen LogP contribution is 2.25. The van der Waals surface area contributed by atoms with Crippen molar-refractivity contribution in [1.82, 2.24) is 31.3 Å². The largest absolute Gasteiger partial charge is 0.480 e. The number of rotatable bonds is 9. The number of aromatic nitrogens is 4. The molecule has 0 bridgehead atoms. The van der Waals surface area contributed by atoms with Gasteiger partial charge in [0.15, 0.2) is 17.9 Å². The maximum Gasteiger partial charge on any atom is 0.326 e. The highest BCUT2D eigenvalue weighted by Gasteiger charge is 2.31. The van der Waals surface area contributed by atoms with E-state index in [0.29, 0.717) is 29.8 Å². The van der Waals surface area contributed by atoms with Crippen LogP contribution in [0.25, 0.3) is 0 Å². The van der Waals surface area contributed by atoms with E-state index < -0.39 is 24.1 Å². The zero-order valence-corrected chi connectivity index (χ0v) is 17.4. The minimum atomic E-state index is -1.15. The molecular weight excluding hydrogens is 430 g/mol. The highest BCUT2D eigenvalue weighted by atomic mass is 16.4. The van der Waals surface area contributed by atoms with Gasteiger partial charge in [-0.15, -0.1) is 10.2 Å². The van der Waals surface area contributed by atoms with E-state index in [-0.39, 0.29) is 24.7 Å². The Morgan fingerprint density at radius 1 is 1.18 bits per heavy atom. The van der Waals surface area contributed by atoms with Crippen molar-refractivity contribution >= 4 is 30.0 Å². The van der Waals surface area contributed by atoms with E-state index in [4.69, 9.17) is 5.73 Å². The van der Waals surface area contributed by atoms with Gasteiger partial charge in [0.25, 0.3) is 11.8 Å². The molecule has 13 nitrogen and oxygen atoms in total. The molecule has 170 valence electrons. The summed E-state index contributed by atoms with van der Waals surface area (Å²) >= 11 is 0. The fourth-order valence-electron chi connectivity index (χ4n) is 3.54. The molecule has 0 saturated heterocycles. The number of aliphatic carboxylic acids is 1. The number of tetrazole rings is 1. The number of carbonyl (C=O) groups excluding carboxylic acids is 2. The molecule has 1 unspecified atom stereocenters. The lowest BCUT2D eigenvalue weighted by Gasteiger charge is -2.17. The van der Waals surface area contributed by atoms with Gasteiger partial charge in [0, 0.05) is 18.2 Å². The van der Waals surface area contributed by atoms with Crippen LogP contribution >= 0.6 is 0 Å². The third kappa shape index (κ3) is 5.08. The molecule has 0 spiro atoms. The van der Waals surface area contributed by atoms with Crippen molar-refractivity contribution in [1.29, 1.82) is 0 Å². The number of fused-ring (bicyclic) bond motifs is 1.